The van der Waals surface area contributed by atoms with E-state index in [2.05, 4.69) is 5.10 Å². The van der Waals surface area contributed by atoms with Crippen molar-refractivity contribution in [2.75, 3.05) is 12.3 Å². The summed E-state index contributed by atoms with van der Waals surface area (Å²) in [5.74, 6) is 0.00310. The molecule has 1 saturated heterocycles. The summed E-state index contributed by atoms with van der Waals surface area (Å²) in [5.41, 5.74) is 0.525. The van der Waals surface area contributed by atoms with Gasteiger partial charge in [0.1, 0.15) is 0 Å². The summed E-state index contributed by atoms with van der Waals surface area (Å²) < 4.78 is 25.6. The third-order valence-electron chi connectivity index (χ3n) is 4.44. The number of likely N-dealkylation sites (tertiary alicyclic amines) is 1. The fourth-order valence-corrected chi connectivity index (χ4v) is 3.94. The highest BCUT2D eigenvalue weighted by atomic mass is 32.2. The molecule has 6 nitrogen and oxygen atoms in total. The van der Waals surface area contributed by atoms with Gasteiger partial charge in [-0.1, -0.05) is 6.92 Å². The Kier molecular flexibility index (Phi) is 4.71. The fraction of sp³-hybridized carbons (Fsp3) is 0.412. The maximum atomic E-state index is 12.8. The zero-order valence-electron chi connectivity index (χ0n) is 13.6. The predicted molar refractivity (Wildman–Crippen MR) is 90.5 cm³/mol. The van der Waals surface area contributed by atoms with Gasteiger partial charge in [0, 0.05) is 24.5 Å². The number of rotatable bonds is 5. The van der Waals surface area contributed by atoms with Gasteiger partial charge in [0.05, 0.1) is 23.2 Å². The Morgan fingerprint density at radius 1 is 1.29 bits per heavy atom. The van der Waals surface area contributed by atoms with Crippen molar-refractivity contribution in [3.8, 4) is 0 Å². The Morgan fingerprint density at radius 3 is 2.67 bits per heavy atom. The van der Waals surface area contributed by atoms with Crippen LogP contribution in [0.2, 0.25) is 0 Å². The van der Waals surface area contributed by atoms with Gasteiger partial charge in [-0.2, -0.15) is 5.10 Å². The van der Waals surface area contributed by atoms with E-state index in [0.717, 1.165) is 19.4 Å². The topological polar surface area (TPSA) is 72.3 Å². The van der Waals surface area contributed by atoms with E-state index in [9.17, 15) is 13.2 Å². The molecule has 0 saturated carbocycles. The Balaban J connectivity index is 1.75. The maximum Gasteiger partial charge on any atom is 0.254 e. The summed E-state index contributed by atoms with van der Waals surface area (Å²) >= 11 is 0. The standard InChI is InChI=1S/C17H21N3O3S/c1-2-24(22,23)16-8-6-14(7-9-16)17(21)20-12-3-5-15(20)13-19-11-4-10-18-19/h4,6-11,15H,2-3,5,12-13H2,1H3. The minimum atomic E-state index is -3.24. The van der Waals surface area contributed by atoms with E-state index in [-0.39, 0.29) is 22.6 Å². The van der Waals surface area contributed by atoms with Gasteiger partial charge in [-0.05, 0) is 43.2 Å². The smallest absolute Gasteiger partial charge is 0.254 e. The lowest BCUT2D eigenvalue weighted by Gasteiger charge is -2.25. The molecule has 3 rings (SSSR count). The second kappa shape index (κ2) is 6.76. The molecule has 1 aliphatic rings. The molecule has 1 aromatic heterocycles. The first kappa shape index (κ1) is 16.7. The second-order valence-electron chi connectivity index (χ2n) is 5.95. The van der Waals surface area contributed by atoms with Gasteiger partial charge in [-0.3, -0.25) is 9.48 Å². The van der Waals surface area contributed by atoms with Crippen molar-refractivity contribution in [1.29, 1.82) is 0 Å². The van der Waals surface area contributed by atoms with Gasteiger partial charge < -0.3 is 4.90 Å². The van der Waals surface area contributed by atoms with Crippen molar-refractivity contribution >= 4 is 15.7 Å². The molecule has 1 aliphatic heterocycles. The molecule has 0 spiro atoms. The van der Waals surface area contributed by atoms with Gasteiger partial charge in [-0.25, -0.2) is 8.42 Å². The summed E-state index contributed by atoms with van der Waals surface area (Å²) in [6.45, 7) is 3.01. The van der Waals surface area contributed by atoms with Crippen LogP contribution in [0.1, 0.15) is 30.1 Å². The van der Waals surface area contributed by atoms with E-state index < -0.39 is 9.84 Å². The Hall–Kier alpha value is -2.15. The third kappa shape index (κ3) is 3.36. The van der Waals surface area contributed by atoms with Gasteiger partial charge in [0.2, 0.25) is 0 Å². The molecule has 2 heterocycles. The molecule has 128 valence electrons. The lowest BCUT2D eigenvalue weighted by molar-refractivity contribution is 0.0721. The van der Waals surface area contributed by atoms with E-state index in [1.165, 1.54) is 12.1 Å². The molecule has 1 unspecified atom stereocenters. The Labute approximate surface area is 142 Å². The first-order valence-corrected chi connectivity index (χ1v) is 9.77. The predicted octanol–water partition coefficient (Wildman–Crippen LogP) is 1.98. The molecule has 0 aliphatic carbocycles. The normalized spacial score (nSPS) is 18.0. The van der Waals surface area contributed by atoms with E-state index in [1.807, 2.05) is 21.8 Å². The summed E-state index contributed by atoms with van der Waals surface area (Å²) in [6.07, 6.45) is 5.55. The quantitative estimate of drug-likeness (QED) is 0.829. The maximum absolute atomic E-state index is 12.8. The molecule has 1 fully saturated rings. The zero-order chi connectivity index (χ0) is 17.2. The first-order chi connectivity index (χ1) is 11.5. The number of amides is 1. The fourth-order valence-electron chi connectivity index (χ4n) is 3.05. The lowest BCUT2D eigenvalue weighted by atomic mass is 10.1. The van der Waals surface area contributed by atoms with Gasteiger partial charge in [0.25, 0.3) is 5.91 Å². The highest BCUT2D eigenvalue weighted by molar-refractivity contribution is 7.91. The van der Waals surface area contributed by atoms with Crippen LogP contribution in [0.3, 0.4) is 0 Å². The Bertz CT molecular complexity index is 798. The molecular formula is C17H21N3O3S. The van der Waals surface area contributed by atoms with E-state index in [1.54, 1.807) is 25.3 Å². The molecular weight excluding hydrogens is 326 g/mol. The molecule has 0 radical (unpaired) electrons. The molecule has 1 atom stereocenters. The van der Waals surface area contributed by atoms with Crippen molar-refractivity contribution < 1.29 is 13.2 Å². The van der Waals surface area contributed by atoms with Crippen molar-refractivity contribution in [2.24, 2.45) is 0 Å². The largest absolute Gasteiger partial charge is 0.334 e. The molecule has 2 aromatic rings. The summed E-state index contributed by atoms with van der Waals surface area (Å²) in [7, 11) is -3.24. The number of sulfone groups is 1. The third-order valence-corrected chi connectivity index (χ3v) is 6.19. The van der Waals surface area contributed by atoms with Crippen molar-refractivity contribution in [1.82, 2.24) is 14.7 Å². The minimum absolute atomic E-state index is 0.0508. The molecule has 7 heteroatoms. The number of nitrogens with zero attached hydrogens (tertiary/aromatic N) is 3. The van der Waals surface area contributed by atoms with Crippen LogP contribution in [-0.2, 0) is 16.4 Å². The molecule has 1 aromatic carbocycles. The van der Waals surface area contributed by atoms with Gasteiger partial charge in [-0.15, -0.1) is 0 Å². The average molecular weight is 347 g/mol. The van der Waals surface area contributed by atoms with Crippen LogP contribution in [0.5, 0.6) is 0 Å². The monoisotopic (exact) mass is 347 g/mol. The number of hydrogen-bond donors (Lipinski definition) is 0. The highest BCUT2D eigenvalue weighted by Crippen LogP contribution is 2.22. The van der Waals surface area contributed by atoms with Crippen molar-refractivity contribution in [2.45, 2.75) is 37.2 Å². The molecule has 0 bridgehead atoms. The summed E-state index contributed by atoms with van der Waals surface area (Å²) in [6, 6.07) is 8.24. The van der Waals surface area contributed by atoms with Crippen LogP contribution in [0, 0.1) is 0 Å². The van der Waals surface area contributed by atoms with Gasteiger partial charge in [0.15, 0.2) is 9.84 Å². The van der Waals surface area contributed by atoms with Crippen LogP contribution in [0.4, 0.5) is 0 Å². The molecule has 24 heavy (non-hydrogen) atoms. The SMILES string of the molecule is CCS(=O)(=O)c1ccc(C(=O)N2CCCC2Cn2cccn2)cc1. The van der Waals surface area contributed by atoms with E-state index in [0.29, 0.717) is 12.1 Å². The number of hydrogen-bond acceptors (Lipinski definition) is 4. The van der Waals surface area contributed by atoms with Crippen LogP contribution < -0.4 is 0 Å². The lowest BCUT2D eigenvalue weighted by Crippen LogP contribution is -2.38. The van der Waals surface area contributed by atoms with Crippen LogP contribution >= 0.6 is 0 Å². The summed E-state index contributed by atoms with van der Waals surface area (Å²) in [4.78, 5) is 14.9. The molecule has 0 N–H and O–H groups in total. The van der Waals surface area contributed by atoms with Gasteiger partial charge >= 0.3 is 0 Å². The molecule has 1 amide bonds. The number of benzene rings is 1. The van der Waals surface area contributed by atoms with E-state index >= 15 is 0 Å². The van der Waals surface area contributed by atoms with Crippen molar-refractivity contribution in [3.05, 3.63) is 48.3 Å². The second-order valence-corrected chi connectivity index (χ2v) is 8.23. The van der Waals surface area contributed by atoms with E-state index in [4.69, 9.17) is 0 Å². The zero-order valence-corrected chi connectivity index (χ0v) is 14.4. The number of carbonyl (C=O) groups excluding carboxylic acids is 1. The van der Waals surface area contributed by atoms with Crippen LogP contribution in [0.15, 0.2) is 47.6 Å². The van der Waals surface area contributed by atoms with Crippen molar-refractivity contribution in [3.63, 3.8) is 0 Å². The number of aromatic nitrogens is 2. The van der Waals surface area contributed by atoms with Crippen LogP contribution in [-0.4, -0.2) is 47.3 Å². The number of carbonyl (C=O) groups is 1. The Morgan fingerprint density at radius 2 is 2.04 bits per heavy atom. The summed E-state index contributed by atoms with van der Waals surface area (Å²) in [5, 5.41) is 4.21. The van der Waals surface area contributed by atoms with Crippen LogP contribution in [0.25, 0.3) is 0 Å². The highest BCUT2D eigenvalue weighted by Gasteiger charge is 2.29. The average Bonchev–Trinajstić information content (AvgIpc) is 3.27. The minimum Gasteiger partial charge on any atom is -0.334 e. The first-order valence-electron chi connectivity index (χ1n) is 8.12.